The van der Waals surface area contributed by atoms with Crippen LogP contribution >= 0.6 is 15.9 Å². The highest BCUT2D eigenvalue weighted by Gasteiger charge is 2.33. The summed E-state index contributed by atoms with van der Waals surface area (Å²) in [5, 5.41) is 0. The number of aryl methyl sites for hydroxylation is 1. The second-order valence-corrected chi connectivity index (χ2v) is 8.00. The molecule has 5 nitrogen and oxygen atoms in total. The van der Waals surface area contributed by atoms with Crippen LogP contribution in [0.4, 0.5) is 0 Å². The Hall–Kier alpha value is -1.82. The summed E-state index contributed by atoms with van der Waals surface area (Å²) in [5.74, 6) is 0.837. The molecule has 2 aromatic rings. The molecule has 0 saturated heterocycles. The number of carbonyl (C=O) groups is 1. The van der Waals surface area contributed by atoms with Gasteiger partial charge in [-0.1, -0.05) is 20.8 Å². The number of esters is 1. The maximum Gasteiger partial charge on any atom is 0.374 e. The van der Waals surface area contributed by atoms with Crippen molar-refractivity contribution in [2.45, 2.75) is 46.1 Å². The van der Waals surface area contributed by atoms with Crippen molar-refractivity contribution in [3.63, 3.8) is 0 Å². The molecule has 0 spiro atoms. The third kappa shape index (κ3) is 3.08. The Morgan fingerprint density at radius 1 is 1.36 bits per heavy atom. The lowest BCUT2D eigenvalue weighted by atomic mass is 9.86. The molecular formula is C19H23BrN2O3. The van der Waals surface area contributed by atoms with E-state index in [4.69, 9.17) is 14.5 Å². The first kappa shape index (κ1) is 18.0. The van der Waals surface area contributed by atoms with Crippen molar-refractivity contribution in [1.82, 2.24) is 9.55 Å². The Bertz CT molecular complexity index is 834. The number of ether oxygens (including phenoxy) is 2. The number of aromatic nitrogens is 2. The number of hydrogen-bond donors (Lipinski definition) is 0. The fourth-order valence-corrected chi connectivity index (χ4v) is 3.73. The largest absolute Gasteiger partial charge is 0.496 e. The Morgan fingerprint density at radius 3 is 2.68 bits per heavy atom. The topological polar surface area (TPSA) is 53.3 Å². The number of imidazole rings is 1. The lowest BCUT2D eigenvalue weighted by molar-refractivity contribution is 0.0506. The van der Waals surface area contributed by atoms with Crippen LogP contribution < -0.4 is 4.74 Å². The summed E-state index contributed by atoms with van der Waals surface area (Å²) in [6.07, 6.45) is 0.818. The highest BCUT2D eigenvalue weighted by atomic mass is 79.9. The van der Waals surface area contributed by atoms with Gasteiger partial charge in [-0.25, -0.2) is 9.78 Å². The van der Waals surface area contributed by atoms with Gasteiger partial charge in [-0.2, -0.15) is 0 Å². The van der Waals surface area contributed by atoms with Gasteiger partial charge in [0.15, 0.2) is 0 Å². The molecule has 0 bridgehead atoms. The van der Waals surface area contributed by atoms with E-state index in [1.54, 1.807) is 14.0 Å². The van der Waals surface area contributed by atoms with E-state index >= 15 is 0 Å². The summed E-state index contributed by atoms with van der Waals surface area (Å²) in [6.45, 7) is 9.17. The van der Waals surface area contributed by atoms with Crippen LogP contribution in [-0.2, 0) is 23.1 Å². The standard InChI is InChI=1S/C19H23BrN2O3/c1-6-25-18(23)17-21-16(19(2,3)4)15-12-10-13(20)14(24-5)9-11(12)7-8-22(15)17/h9-10H,6-8H2,1-5H3. The van der Waals surface area contributed by atoms with E-state index in [1.165, 1.54) is 5.56 Å². The maximum atomic E-state index is 12.4. The Kier molecular flexibility index (Phi) is 4.66. The summed E-state index contributed by atoms with van der Waals surface area (Å²) >= 11 is 3.58. The molecule has 0 amide bonds. The fourth-order valence-electron chi connectivity index (χ4n) is 3.23. The number of halogens is 1. The predicted molar refractivity (Wildman–Crippen MR) is 100 cm³/mol. The summed E-state index contributed by atoms with van der Waals surface area (Å²) in [7, 11) is 1.67. The van der Waals surface area contributed by atoms with E-state index in [0.717, 1.165) is 33.6 Å². The first-order valence-corrected chi connectivity index (χ1v) is 9.22. The highest BCUT2D eigenvalue weighted by Crippen LogP contribution is 2.42. The van der Waals surface area contributed by atoms with Crippen LogP contribution in [0, 0.1) is 0 Å². The average Bonchev–Trinajstić information content (AvgIpc) is 2.94. The van der Waals surface area contributed by atoms with Crippen LogP contribution in [0.3, 0.4) is 0 Å². The molecule has 0 atom stereocenters. The number of nitrogens with zero attached hydrogens (tertiary/aromatic N) is 2. The summed E-state index contributed by atoms with van der Waals surface area (Å²) in [5.41, 5.74) is 4.01. The van der Waals surface area contributed by atoms with Gasteiger partial charge in [0.1, 0.15) is 5.75 Å². The summed E-state index contributed by atoms with van der Waals surface area (Å²) in [4.78, 5) is 17.1. The molecule has 0 unspecified atom stereocenters. The zero-order valence-corrected chi connectivity index (χ0v) is 16.9. The molecule has 0 fully saturated rings. The van der Waals surface area contributed by atoms with Crippen molar-refractivity contribution in [3.8, 4) is 17.0 Å². The van der Waals surface area contributed by atoms with Gasteiger partial charge in [-0.05, 0) is 47.0 Å². The van der Waals surface area contributed by atoms with Gasteiger partial charge in [-0.3, -0.25) is 0 Å². The first-order chi connectivity index (χ1) is 11.8. The molecule has 134 valence electrons. The third-order valence-electron chi connectivity index (χ3n) is 4.37. The van der Waals surface area contributed by atoms with E-state index in [1.807, 2.05) is 4.57 Å². The number of rotatable bonds is 3. The molecule has 0 saturated carbocycles. The number of carbonyl (C=O) groups excluding carboxylic acids is 1. The Balaban J connectivity index is 2.26. The van der Waals surface area contributed by atoms with Crippen molar-refractivity contribution in [2.24, 2.45) is 0 Å². The van der Waals surface area contributed by atoms with E-state index in [0.29, 0.717) is 19.0 Å². The van der Waals surface area contributed by atoms with Gasteiger partial charge in [0, 0.05) is 17.5 Å². The molecule has 3 rings (SSSR count). The molecule has 0 radical (unpaired) electrons. The van der Waals surface area contributed by atoms with E-state index in [9.17, 15) is 4.79 Å². The first-order valence-electron chi connectivity index (χ1n) is 8.42. The molecule has 1 aromatic carbocycles. The predicted octanol–water partition coefficient (Wildman–Crippen LogP) is 4.35. The molecule has 0 N–H and O–H groups in total. The summed E-state index contributed by atoms with van der Waals surface area (Å²) in [6, 6.07) is 4.12. The molecule has 1 aliphatic heterocycles. The van der Waals surface area contributed by atoms with Crippen LogP contribution in [-0.4, -0.2) is 29.2 Å². The quantitative estimate of drug-likeness (QED) is 0.710. The third-order valence-corrected chi connectivity index (χ3v) is 4.99. The minimum Gasteiger partial charge on any atom is -0.496 e. The van der Waals surface area contributed by atoms with Crippen molar-refractivity contribution >= 4 is 21.9 Å². The van der Waals surface area contributed by atoms with Crippen LogP contribution in [0.1, 0.15) is 49.6 Å². The smallest absolute Gasteiger partial charge is 0.374 e. The molecule has 0 aliphatic carbocycles. The minimum atomic E-state index is -0.365. The molecule has 2 heterocycles. The molecule has 25 heavy (non-hydrogen) atoms. The van der Waals surface area contributed by atoms with Gasteiger partial charge in [0.25, 0.3) is 0 Å². The molecule has 6 heteroatoms. The van der Waals surface area contributed by atoms with Crippen molar-refractivity contribution in [2.75, 3.05) is 13.7 Å². The lowest BCUT2D eigenvalue weighted by Gasteiger charge is -2.25. The maximum absolute atomic E-state index is 12.4. The Labute approximate surface area is 156 Å². The van der Waals surface area contributed by atoms with Crippen LogP contribution in [0.5, 0.6) is 5.75 Å². The van der Waals surface area contributed by atoms with E-state index in [-0.39, 0.29) is 11.4 Å². The second-order valence-electron chi connectivity index (χ2n) is 7.15. The van der Waals surface area contributed by atoms with Gasteiger partial charge in [-0.15, -0.1) is 0 Å². The van der Waals surface area contributed by atoms with Crippen molar-refractivity contribution < 1.29 is 14.3 Å². The monoisotopic (exact) mass is 406 g/mol. The normalized spacial score (nSPS) is 13.2. The minimum absolute atomic E-state index is 0.192. The number of methoxy groups -OCH3 is 1. The van der Waals surface area contributed by atoms with E-state index < -0.39 is 0 Å². The zero-order chi connectivity index (χ0) is 18.4. The summed E-state index contributed by atoms with van der Waals surface area (Å²) < 4.78 is 13.5. The van der Waals surface area contributed by atoms with Crippen molar-refractivity contribution in [3.05, 3.63) is 33.7 Å². The lowest BCUT2D eigenvalue weighted by Crippen LogP contribution is -2.19. The van der Waals surface area contributed by atoms with Gasteiger partial charge in [0.2, 0.25) is 5.82 Å². The number of benzene rings is 1. The average molecular weight is 407 g/mol. The molecule has 1 aromatic heterocycles. The fraction of sp³-hybridized carbons (Fsp3) is 0.474. The Morgan fingerprint density at radius 2 is 2.08 bits per heavy atom. The number of fused-ring (bicyclic) bond motifs is 3. The van der Waals surface area contributed by atoms with Crippen molar-refractivity contribution in [1.29, 1.82) is 0 Å². The SMILES string of the molecule is CCOC(=O)c1nc(C(C)(C)C)c2n1CCc1cc(OC)c(Br)cc1-2. The molecular weight excluding hydrogens is 384 g/mol. The molecule has 1 aliphatic rings. The number of hydrogen-bond acceptors (Lipinski definition) is 4. The highest BCUT2D eigenvalue weighted by molar-refractivity contribution is 9.10. The van der Waals surface area contributed by atoms with Crippen LogP contribution in [0.25, 0.3) is 11.3 Å². The van der Waals surface area contributed by atoms with Gasteiger partial charge < -0.3 is 14.0 Å². The van der Waals surface area contributed by atoms with E-state index in [2.05, 4.69) is 48.8 Å². The van der Waals surface area contributed by atoms with Gasteiger partial charge >= 0.3 is 5.97 Å². The second kappa shape index (κ2) is 6.48. The zero-order valence-electron chi connectivity index (χ0n) is 15.3. The van der Waals surface area contributed by atoms with Crippen LogP contribution in [0.2, 0.25) is 0 Å². The van der Waals surface area contributed by atoms with Crippen LogP contribution in [0.15, 0.2) is 16.6 Å². The van der Waals surface area contributed by atoms with Gasteiger partial charge in [0.05, 0.1) is 29.6 Å².